The van der Waals surface area contributed by atoms with E-state index >= 15 is 0 Å². The van der Waals surface area contributed by atoms with Crippen LogP contribution in [0.25, 0.3) is 0 Å². The third-order valence-corrected chi connectivity index (χ3v) is 1.72. The maximum absolute atomic E-state index is 9.45. The SMILES string of the molecule is CC#C[CH]Cc1c[n+](C)ccc1O. The summed E-state index contributed by atoms with van der Waals surface area (Å²) in [4.78, 5) is 0. The molecule has 0 saturated carbocycles. The summed E-state index contributed by atoms with van der Waals surface area (Å²) in [6.45, 7) is 1.79. The highest BCUT2D eigenvalue weighted by molar-refractivity contribution is 5.29. The van der Waals surface area contributed by atoms with Gasteiger partial charge in [0.1, 0.15) is 12.8 Å². The second kappa shape index (κ2) is 4.51. The van der Waals surface area contributed by atoms with Crippen LogP contribution in [0.15, 0.2) is 18.5 Å². The third kappa shape index (κ3) is 2.79. The van der Waals surface area contributed by atoms with Gasteiger partial charge in [0.05, 0.1) is 5.56 Å². The maximum Gasteiger partial charge on any atom is 0.175 e. The van der Waals surface area contributed by atoms with E-state index in [9.17, 15) is 5.11 Å². The summed E-state index contributed by atoms with van der Waals surface area (Å²) in [5, 5.41) is 9.45. The molecule has 1 rings (SSSR count). The van der Waals surface area contributed by atoms with Crippen molar-refractivity contribution >= 4 is 0 Å². The Hall–Kier alpha value is -1.49. The first-order valence-corrected chi connectivity index (χ1v) is 4.15. The van der Waals surface area contributed by atoms with Crippen LogP contribution in [0.5, 0.6) is 5.75 Å². The Kier molecular flexibility index (Phi) is 3.33. The van der Waals surface area contributed by atoms with Gasteiger partial charge in [-0.2, -0.15) is 0 Å². The predicted octanol–water partition coefficient (Wildman–Crippen LogP) is 0.987. The first-order valence-electron chi connectivity index (χ1n) is 4.15. The van der Waals surface area contributed by atoms with Crippen molar-refractivity contribution in [3.63, 3.8) is 0 Å². The monoisotopic (exact) mass is 175 g/mol. The summed E-state index contributed by atoms with van der Waals surface area (Å²) in [7, 11) is 1.93. The van der Waals surface area contributed by atoms with Crippen molar-refractivity contribution in [3.8, 4) is 17.6 Å². The Labute approximate surface area is 78.8 Å². The molecule has 1 radical (unpaired) electrons. The number of aryl methyl sites for hydroxylation is 1. The zero-order chi connectivity index (χ0) is 9.68. The van der Waals surface area contributed by atoms with Crippen LogP contribution in [0, 0.1) is 18.3 Å². The van der Waals surface area contributed by atoms with E-state index in [2.05, 4.69) is 11.8 Å². The van der Waals surface area contributed by atoms with Crippen molar-refractivity contribution in [3.05, 3.63) is 30.4 Å². The molecular formula is C11H13NO+. The molecule has 0 aromatic carbocycles. The highest BCUT2D eigenvalue weighted by atomic mass is 16.3. The lowest BCUT2D eigenvalue weighted by atomic mass is 10.1. The molecule has 1 aromatic rings. The topological polar surface area (TPSA) is 24.1 Å². The molecule has 0 aliphatic heterocycles. The van der Waals surface area contributed by atoms with Crippen LogP contribution in [0.3, 0.4) is 0 Å². The van der Waals surface area contributed by atoms with Crippen LogP contribution in [0.2, 0.25) is 0 Å². The summed E-state index contributed by atoms with van der Waals surface area (Å²) in [6.07, 6.45) is 6.23. The highest BCUT2D eigenvalue weighted by Crippen LogP contribution is 2.14. The number of nitrogens with zero attached hydrogens (tertiary/aromatic N) is 1. The van der Waals surface area contributed by atoms with Crippen molar-refractivity contribution in [2.24, 2.45) is 7.05 Å². The number of pyridine rings is 1. The van der Waals surface area contributed by atoms with E-state index in [0.717, 1.165) is 5.56 Å². The number of rotatable bonds is 2. The van der Waals surface area contributed by atoms with Gasteiger partial charge in [-0.1, -0.05) is 5.92 Å². The molecule has 0 unspecified atom stereocenters. The minimum Gasteiger partial charge on any atom is -0.507 e. The van der Waals surface area contributed by atoms with Crippen molar-refractivity contribution in [2.45, 2.75) is 13.3 Å². The Bertz CT molecular complexity index is 347. The molecule has 0 saturated heterocycles. The van der Waals surface area contributed by atoms with Gasteiger partial charge in [0, 0.05) is 12.5 Å². The van der Waals surface area contributed by atoms with Gasteiger partial charge in [-0.05, 0) is 13.3 Å². The van der Waals surface area contributed by atoms with Gasteiger partial charge in [-0.15, -0.1) is 5.92 Å². The normalized spacial score (nSPS) is 9.08. The van der Waals surface area contributed by atoms with E-state index in [0.29, 0.717) is 12.2 Å². The predicted molar refractivity (Wildman–Crippen MR) is 50.7 cm³/mol. The first kappa shape index (κ1) is 9.60. The fraction of sp³-hybridized carbons (Fsp3) is 0.273. The molecule has 67 valence electrons. The van der Waals surface area contributed by atoms with Crippen molar-refractivity contribution in [2.75, 3.05) is 0 Å². The number of aromatic nitrogens is 1. The molecule has 0 aliphatic carbocycles. The highest BCUT2D eigenvalue weighted by Gasteiger charge is 2.04. The quantitative estimate of drug-likeness (QED) is 0.526. The lowest BCUT2D eigenvalue weighted by molar-refractivity contribution is -0.672. The summed E-state index contributed by atoms with van der Waals surface area (Å²) in [5.41, 5.74) is 0.896. The second-order valence-electron chi connectivity index (χ2n) is 2.82. The Morgan fingerprint density at radius 3 is 3.08 bits per heavy atom. The van der Waals surface area contributed by atoms with Gasteiger partial charge in [0.25, 0.3) is 0 Å². The second-order valence-corrected chi connectivity index (χ2v) is 2.82. The zero-order valence-corrected chi connectivity index (χ0v) is 7.91. The molecule has 0 fully saturated rings. The van der Waals surface area contributed by atoms with Crippen molar-refractivity contribution < 1.29 is 9.67 Å². The molecule has 0 bridgehead atoms. The fourth-order valence-electron chi connectivity index (χ4n) is 1.07. The Morgan fingerprint density at radius 1 is 1.62 bits per heavy atom. The molecule has 2 nitrogen and oxygen atoms in total. The molecule has 0 aliphatic rings. The molecule has 13 heavy (non-hydrogen) atoms. The van der Waals surface area contributed by atoms with E-state index in [-0.39, 0.29) is 0 Å². The van der Waals surface area contributed by atoms with E-state index in [1.807, 2.05) is 30.4 Å². The van der Waals surface area contributed by atoms with Crippen LogP contribution in [0.4, 0.5) is 0 Å². The molecule has 0 amide bonds. The van der Waals surface area contributed by atoms with E-state index in [1.165, 1.54) is 0 Å². The Morgan fingerprint density at radius 2 is 2.38 bits per heavy atom. The van der Waals surface area contributed by atoms with Crippen LogP contribution < -0.4 is 4.57 Å². The zero-order valence-electron chi connectivity index (χ0n) is 7.91. The lowest BCUT2D eigenvalue weighted by Crippen LogP contribution is -2.26. The minimum atomic E-state index is 0.326. The van der Waals surface area contributed by atoms with Gasteiger partial charge in [0.15, 0.2) is 12.4 Å². The smallest absolute Gasteiger partial charge is 0.175 e. The van der Waals surface area contributed by atoms with Crippen LogP contribution in [-0.4, -0.2) is 5.11 Å². The van der Waals surface area contributed by atoms with E-state index in [4.69, 9.17) is 0 Å². The van der Waals surface area contributed by atoms with Crippen LogP contribution in [-0.2, 0) is 13.5 Å². The van der Waals surface area contributed by atoms with Crippen molar-refractivity contribution in [1.29, 1.82) is 0 Å². The molecular weight excluding hydrogens is 162 g/mol. The van der Waals surface area contributed by atoms with Crippen molar-refractivity contribution in [1.82, 2.24) is 0 Å². The minimum absolute atomic E-state index is 0.326. The third-order valence-electron chi connectivity index (χ3n) is 1.72. The standard InChI is InChI=1S/C11H12NO/c1-3-4-5-6-10-9-12(2)8-7-11(10)13/h5,7-9H,6H2,1-2H3/p+1. The van der Waals surface area contributed by atoms with Crippen LogP contribution in [0.1, 0.15) is 12.5 Å². The molecule has 1 heterocycles. The number of hydrogen-bond donors (Lipinski definition) is 1. The van der Waals surface area contributed by atoms with Gasteiger partial charge in [-0.3, -0.25) is 0 Å². The summed E-state index contributed by atoms with van der Waals surface area (Å²) in [5.74, 6) is 5.95. The molecule has 2 heteroatoms. The van der Waals surface area contributed by atoms with Gasteiger partial charge >= 0.3 is 0 Å². The Balaban J connectivity index is 2.73. The lowest BCUT2D eigenvalue weighted by Gasteiger charge is -1.98. The van der Waals surface area contributed by atoms with Gasteiger partial charge in [-0.25, -0.2) is 4.57 Å². The number of hydrogen-bond acceptors (Lipinski definition) is 1. The summed E-state index contributed by atoms with van der Waals surface area (Å²) < 4.78 is 1.91. The fourth-order valence-corrected chi connectivity index (χ4v) is 1.07. The molecule has 0 spiro atoms. The van der Waals surface area contributed by atoms with E-state index < -0.39 is 0 Å². The first-order chi connectivity index (χ1) is 6.24. The number of aromatic hydroxyl groups is 1. The molecule has 1 aromatic heterocycles. The summed E-state index contributed by atoms with van der Waals surface area (Å²) >= 11 is 0. The van der Waals surface area contributed by atoms with Crippen LogP contribution >= 0.6 is 0 Å². The largest absolute Gasteiger partial charge is 0.507 e. The van der Waals surface area contributed by atoms with Gasteiger partial charge < -0.3 is 5.11 Å². The summed E-state index contributed by atoms with van der Waals surface area (Å²) in [6, 6.07) is 1.68. The molecule has 1 N–H and O–H groups in total. The van der Waals surface area contributed by atoms with E-state index in [1.54, 1.807) is 13.0 Å². The maximum atomic E-state index is 9.45. The molecule has 0 atom stereocenters. The van der Waals surface area contributed by atoms with Gasteiger partial charge in [0.2, 0.25) is 0 Å². The average Bonchev–Trinajstić information content (AvgIpc) is 2.11. The average molecular weight is 175 g/mol.